The quantitative estimate of drug-likeness (QED) is 0.446. The van der Waals surface area contributed by atoms with E-state index in [0.29, 0.717) is 39.1 Å². The lowest BCUT2D eigenvalue weighted by atomic mass is 10.1. The number of nitriles is 1. The van der Waals surface area contributed by atoms with Crippen molar-refractivity contribution < 1.29 is 22.8 Å². The number of hydrogen-bond acceptors (Lipinski definition) is 5. The van der Waals surface area contributed by atoms with E-state index in [0.717, 1.165) is 32.4 Å². The van der Waals surface area contributed by atoms with Crippen LogP contribution in [0.3, 0.4) is 0 Å². The summed E-state index contributed by atoms with van der Waals surface area (Å²) in [4.78, 5) is 31.4. The predicted octanol–water partition coefficient (Wildman–Crippen LogP) is 4.94. The van der Waals surface area contributed by atoms with Crippen LogP contribution in [0.15, 0.2) is 36.5 Å². The molecule has 0 spiro atoms. The van der Waals surface area contributed by atoms with Crippen molar-refractivity contribution in [3.63, 3.8) is 0 Å². The average Bonchev–Trinajstić information content (AvgIpc) is 3.13. The zero-order valence-electron chi connectivity index (χ0n) is 19.4. The normalized spacial score (nSPS) is 14.7. The maximum atomic E-state index is 13.4. The molecule has 3 heterocycles. The van der Waals surface area contributed by atoms with E-state index in [-0.39, 0.29) is 18.7 Å². The van der Waals surface area contributed by atoms with Gasteiger partial charge in [0, 0.05) is 24.0 Å². The number of rotatable bonds is 7. The second-order valence-corrected chi connectivity index (χ2v) is 8.85. The average molecular weight is 483 g/mol. The molecule has 0 aliphatic carbocycles. The summed E-state index contributed by atoms with van der Waals surface area (Å²) in [5.74, 6) is -1.84. The predicted molar refractivity (Wildman–Crippen MR) is 125 cm³/mol. The lowest BCUT2D eigenvalue weighted by Crippen LogP contribution is -2.34. The van der Waals surface area contributed by atoms with E-state index >= 15 is 0 Å². The van der Waals surface area contributed by atoms with Crippen LogP contribution in [0.2, 0.25) is 0 Å². The molecule has 182 valence electrons. The number of hydrogen-bond donors (Lipinski definition) is 0. The third kappa shape index (κ3) is 5.28. The minimum atomic E-state index is -4.87. The first-order chi connectivity index (χ1) is 16.7. The van der Waals surface area contributed by atoms with Gasteiger partial charge in [-0.15, -0.1) is 0 Å². The first-order valence-corrected chi connectivity index (χ1v) is 11.5. The van der Waals surface area contributed by atoms with E-state index in [4.69, 9.17) is 5.26 Å². The number of pyridine rings is 1. The molecule has 0 amide bonds. The Balaban J connectivity index is 1.76. The molecule has 1 aliphatic heterocycles. The van der Waals surface area contributed by atoms with Crippen LogP contribution in [0.25, 0.3) is 16.7 Å². The van der Waals surface area contributed by atoms with Gasteiger partial charge in [0.25, 0.3) is 0 Å². The molecule has 1 saturated heterocycles. The van der Waals surface area contributed by atoms with Crippen molar-refractivity contribution in [3.8, 4) is 11.8 Å². The topological polar surface area (TPSA) is 79.0 Å². The van der Waals surface area contributed by atoms with E-state index in [1.165, 1.54) is 6.20 Å². The molecular formula is C26H25F3N4O2. The summed E-state index contributed by atoms with van der Waals surface area (Å²) in [5, 5.41) is 9.13. The SMILES string of the molecule is Cc1c(C(=O)CN2CCCCC2)c2ncc(CCC(=O)C(F)(F)F)cc2n1-c1ccc(C#N)cc1. The number of likely N-dealkylation sites (tertiary alicyclic amines) is 1. The highest BCUT2D eigenvalue weighted by atomic mass is 19.4. The summed E-state index contributed by atoms with van der Waals surface area (Å²) in [7, 11) is 0. The number of nitrogens with zero attached hydrogens (tertiary/aromatic N) is 4. The second-order valence-electron chi connectivity index (χ2n) is 8.85. The molecular weight excluding hydrogens is 457 g/mol. The standard InChI is InChI=1S/C26H25F3N4O2/c1-17-24(22(34)16-32-11-3-2-4-12-32)25-21(33(17)20-8-5-18(14-30)6-9-20)13-19(15-31-25)7-10-23(35)26(27,28)29/h5-6,8-9,13,15H,2-4,7,10-12,16H2,1H3. The number of carbonyl (C=O) groups is 2. The van der Waals surface area contributed by atoms with E-state index in [1.54, 1.807) is 30.3 Å². The van der Waals surface area contributed by atoms with Gasteiger partial charge >= 0.3 is 6.18 Å². The molecule has 0 atom stereocenters. The number of fused-ring (bicyclic) bond motifs is 1. The molecule has 1 aromatic carbocycles. The Labute approximate surface area is 201 Å². The minimum Gasteiger partial charge on any atom is -0.312 e. The highest BCUT2D eigenvalue weighted by molar-refractivity contribution is 6.09. The minimum absolute atomic E-state index is 0.0608. The first kappa shape index (κ1) is 24.6. The number of aryl methyl sites for hydroxylation is 1. The van der Waals surface area contributed by atoms with Crippen LogP contribution in [-0.4, -0.2) is 51.8 Å². The molecule has 0 N–H and O–H groups in total. The highest BCUT2D eigenvalue weighted by Gasteiger charge is 2.37. The van der Waals surface area contributed by atoms with Gasteiger partial charge in [0.05, 0.1) is 34.8 Å². The summed E-state index contributed by atoms with van der Waals surface area (Å²) in [6.07, 6.45) is -0.959. The number of ketones is 2. The Morgan fingerprint density at radius 1 is 1.11 bits per heavy atom. The largest absolute Gasteiger partial charge is 0.449 e. The zero-order valence-corrected chi connectivity index (χ0v) is 19.4. The third-order valence-corrected chi connectivity index (χ3v) is 6.41. The van der Waals surface area contributed by atoms with Crippen LogP contribution in [0.4, 0.5) is 13.2 Å². The molecule has 0 unspecified atom stereocenters. The van der Waals surface area contributed by atoms with Crippen molar-refractivity contribution >= 4 is 22.6 Å². The van der Waals surface area contributed by atoms with Crippen LogP contribution in [-0.2, 0) is 11.2 Å². The van der Waals surface area contributed by atoms with Crippen molar-refractivity contribution in [1.82, 2.24) is 14.5 Å². The maximum Gasteiger partial charge on any atom is 0.449 e. The molecule has 4 rings (SSSR count). The molecule has 35 heavy (non-hydrogen) atoms. The molecule has 0 saturated carbocycles. The molecule has 3 aromatic rings. The molecule has 9 heteroatoms. The van der Waals surface area contributed by atoms with Gasteiger partial charge in [-0.1, -0.05) is 6.42 Å². The van der Waals surface area contributed by atoms with Crippen molar-refractivity contribution in [2.75, 3.05) is 19.6 Å². The Morgan fingerprint density at radius 2 is 1.80 bits per heavy atom. The lowest BCUT2D eigenvalue weighted by molar-refractivity contribution is -0.171. The monoisotopic (exact) mass is 482 g/mol. The van der Waals surface area contributed by atoms with Crippen LogP contribution in [0.5, 0.6) is 0 Å². The van der Waals surface area contributed by atoms with Crippen molar-refractivity contribution in [1.29, 1.82) is 5.26 Å². The zero-order chi connectivity index (χ0) is 25.2. The molecule has 6 nitrogen and oxygen atoms in total. The summed E-state index contributed by atoms with van der Waals surface area (Å²) in [6.45, 7) is 3.82. The molecule has 1 fully saturated rings. The number of Topliss-reactive ketones (excluding diaryl/α,β-unsaturated/α-hetero) is 2. The third-order valence-electron chi connectivity index (χ3n) is 6.41. The van der Waals surface area contributed by atoms with Crippen molar-refractivity contribution in [2.24, 2.45) is 0 Å². The maximum absolute atomic E-state index is 13.4. The van der Waals surface area contributed by atoms with Gasteiger partial charge in [0.2, 0.25) is 5.78 Å². The van der Waals surface area contributed by atoms with E-state index < -0.39 is 18.4 Å². The summed E-state index contributed by atoms with van der Waals surface area (Å²) >= 11 is 0. The Bertz CT molecular complexity index is 1300. The van der Waals surface area contributed by atoms with Gasteiger partial charge in [-0.25, -0.2) is 0 Å². The number of aromatic nitrogens is 2. The fourth-order valence-electron chi connectivity index (χ4n) is 4.61. The summed E-state index contributed by atoms with van der Waals surface area (Å²) < 4.78 is 39.8. The highest BCUT2D eigenvalue weighted by Crippen LogP contribution is 2.30. The van der Waals surface area contributed by atoms with E-state index in [1.807, 2.05) is 11.5 Å². The van der Waals surface area contributed by atoms with Crippen molar-refractivity contribution in [3.05, 3.63) is 58.9 Å². The molecule has 1 aliphatic rings. The Hall–Kier alpha value is -3.51. The van der Waals surface area contributed by atoms with Gasteiger partial charge in [-0.3, -0.25) is 19.5 Å². The number of piperidine rings is 1. The second kappa shape index (κ2) is 10.0. The fraction of sp³-hybridized carbons (Fsp3) is 0.385. The fourth-order valence-corrected chi connectivity index (χ4v) is 4.61. The number of benzene rings is 1. The van der Waals surface area contributed by atoms with Gasteiger partial charge in [0.15, 0.2) is 5.78 Å². The van der Waals surface area contributed by atoms with Crippen molar-refractivity contribution in [2.45, 2.75) is 45.2 Å². The summed E-state index contributed by atoms with van der Waals surface area (Å²) in [5.41, 5.74) is 3.85. The number of alkyl halides is 3. The molecule has 0 radical (unpaired) electrons. The van der Waals surface area contributed by atoms with Gasteiger partial charge < -0.3 is 4.57 Å². The van der Waals surface area contributed by atoms with E-state index in [9.17, 15) is 22.8 Å². The number of carbonyl (C=O) groups excluding carboxylic acids is 2. The van der Waals surface area contributed by atoms with Gasteiger partial charge in [0.1, 0.15) is 0 Å². The van der Waals surface area contributed by atoms with Crippen LogP contribution in [0, 0.1) is 18.3 Å². The van der Waals surface area contributed by atoms with Crippen LogP contribution in [0.1, 0.15) is 52.9 Å². The molecule has 2 aromatic heterocycles. The van der Waals surface area contributed by atoms with Gasteiger partial charge in [-0.05, 0) is 75.2 Å². The Kier molecular flexibility index (Phi) is 7.03. The lowest BCUT2D eigenvalue weighted by Gasteiger charge is -2.25. The van der Waals surface area contributed by atoms with Crippen LogP contribution >= 0.6 is 0 Å². The van der Waals surface area contributed by atoms with Gasteiger partial charge in [-0.2, -0.15) is 18.4 Å². The Morgan fingerprint density at radius 3 is 2.43 bits per heavy atom. The molecule has 0 bridgehead atoms. The van der Waals surface area contributed by atoms with E-state index in [2.05, 4.69) is 16.0 Å². The number of halogens is 3. The smallest absolute Gasteiger partial charge is 0.312 e. The van der Waals surface area contributed by atoms with Crippen LogP contribution < -0.4 is 0 Å². The summed E-state index contributed by atoms with van der Waals surface area (Å²) in [6, 6.07) is 10.6. The first-order valence-electron chi connectivity index (χ1n) is 11.5.